The zero-order valence-electron chi connectivity index (χ0n) is 16.8. The summed E-state index contributed by atoms with van der Waals surface area (Å²) >= 11 is 18.7. The fourth-order valence-corrected chi connectivity index (χ4v) is 4.23. The van der Waals surface area contributed by atoms with Crippen LogP contribution in [0.15, 0.2) is 18.2 Å². The van der Waals surface area contributed by atoms with Gasteiger partial charge in [-0.15, -0.1) is 0 Å². The Morgan fingerprint density at radius 1 is 1.06 bits per heavy atom. The van der Waals surface area contributed by atoms with E-state index in [0.29, 0.717) is 34.9 Å². The van der Waals surface area contributed by atoms with Crippen molar-refractivity contribution < 1.29 is 22.7 Å². The molecule has 31 heavy (non-hydrogen) atoms. The molecule has 1 aliphatic heterocycles. The number of rotatable bonds is 5. The summed E-state index contributed by atoms with van der Waals surface area (Å²) in [5, 5.41) is 3.27. The van der Waals surface area contributed by atoms with Crippen molar-refractivity contribution in [1.29, 1.82) is 0 Å². The molecular weight excluding hydrogens is 476 g/mol. The Bertz CT molecular complexity index is 977. The number of benzene rings is 2. The Morgan fingerprint density at radius 2 is 1.65 bits per heavy atom. The summed E-state index contributed by atoms with van der Waals surface area (Å²) < 4.78 is 45.1. The molecule has 0 bridgehead atoms. The second-order valence-corrected chi connectivity index (χ2v) is 8.42. The van der Waals surface area contributed by atoms with Gasteiger partial charge in [0.15, 0.2) is 12.4 Å². The average Bonchev–Trinajstić information content (AvgIpc) is 3.24. The molecule has 0 atom stereocenters. The summed E-state index contributed by atoms with van der Waals surface area (Å²) in [6.07, 6.45) is -2.66. The predicted octanol–water partition coefficient (Wildman–Crippen LogP) is 6.90. The molecule has 10 heteroatoms. The van der Waals surface area contributed by atoms with Crippen molar-refractivity contribution in [3.63, 3.8) is 0 Å². The molecular formula is C21H20Cl3F3N2O2. The first-order valence-electron chi connectivity index (χ1n) is 9.53. The molecule has 1 amide bonds. The minimum atomic E-state index is -4.53. The van der Waals surface area contributed by atoms with Crippen LogP contribution in [0.2, 0.25) is 15.1 Å². The Balaban J connectivity index is 1.82. The molecule has 1 N–H and O–H groups in total. The van der Waals surface area contributed by atoms with E-state index in [2.05, 4.69) is 5.32 Å². The fraction of sp³-hybridized carbons (Fsp3) is 0.381. The number of alkyl halides is 3. The van der Waals surface area contributed by atoms with Gasteiger partial charge in [0, 0.05) is 18.1 Å². The van der Waals surface area contributed by atoms with Crippen molar-refractivity contribution in [2.45, 2.75) is 32.9 Å². The van der Waals surface area contributed by atoms with Crippen LogP contribution in [-0.4, -0.2) is 25.6 Å². The number of hydrogen-bond acceptors (Lipinski definition) is 3. The summed E-state index contributed by atoms with van der Waals surface area (Å²) in [6, 6.07) is 3.32. The molecule has 1 aliphatic rings. The first kappa shape index (κ1) is 23.8. The van der Waals surface area contributed by atoms with Gasteiger partial charge in [-0.25, -0.2) is 0 Å². The first-order chi connectivity index (χ1) is 14.5. The van der Waals surface area contributed by atoms with Crippen LogP contribution < -0.4 is 15.0 Å². The zero-order chi connectivity index (χ0) is 22.9. The summed E-state index contributed by atoms with van der Waals surface area (Å²) in [5.74, 6) is -0.543. The monoisotopic (exact) mass is 494 g/mol. The van der Waals surface area contributed by atoms with E-state index in [4.69, 9.17) is 39.5 Å². The lowest BCUT2D eigenvalue weighted by Gasteiger charge is -2.23. The van der Waals surface area contributed by atoms with Gasteiger partial charge in [-0.3, -0.25) is 4.79 Å². The molecule has 168 valence electrons. The molecule has 0 unspecified atom stereocenters. The lowest BCUT2D eigenvalue weighted by Crippen LogP contribution is -2.24. The van der Waals surface area contributed by atoms with E-state index in [9.17, 15) is 18.0 Å². The van der Waals surface area contributed by atoms with E-state index in [1.165, 1.54) is 6.07 Å². The lowest BCUT2D eigenvalue weighted by molar-refractivity contribution is -0.137. The van der Waals surface area contributed by atoms with Gasteiger partial charge >= 0.3 is 6.18 Å². The topological polar surface area (TPSA) is 41.6 Å². The maximum Gasteiger partial charge on any atom is 0.416 e. The smallest absolute Gasteiger partial charge is 0.416 e. The molecule has 1 heterocycles. The van der Waals surface area contributed by atoms with Crippen molar-refractivity contribution in [2.75, 3.05) is 29.9 Å². The highest BCUT2D eigenvalue weighted by molar-refractivity contribution is 6.42. The number of ether oxygens (including phenoxy) is 1. The molecule has 1 fully saturated rings. The van der Waals surface area contributed by atoms with E-state index in [1.54, 1.807) is 13.8 Å². The molecule has 2 aromatic carbocycles. The molecule has 0 aromatic heterocycles. The molecule has 3 rings (SSSR count). The third kappa shape index (κ3) is 5.16. The summed E-state index contributed by atoms with van der Waals surface area (Å²) in [6.45, 7) is 4.30. The number of anilines is 2. The predicted molar refractivity (Wildman–Crippen MR) is 118 cm³/mol. The number of carbonyl (C=O) groups excluding carboxylic acids is 1. The number of carbonyl (C=O) groups is 1. The summed E-state index contributed by atoms with van der Waals surface area (Å²) in [7, 11) is 0. The molecule has 0 spiro atoms. The number of hydrogen-bond donors (Lipinski definition) is 1. The van der Waals surface area contributed by atoms with Crippen LogP contribution in [0.3, 0.4) is 0 Å². The molecule has 4 nitrogen and oxygen atoms in total. The van der Waals surface area contributed by atoms with Gasteiger partial charge < -0.3 is 15.0 Å². The van der Waals surface area contributed by atoms with Crippen LogP contribution >= 0.6 is 34.8 Å². The quantitative estimate of drug-likeness (QED) is 0.490. The fourth-order valence-electron chi connectivity index (χ4n) is 3.41. The Hall–Kier alpha value is -1.83. The van der Waals surface area contributed by atoms with Gasteiger partial charge in [0.2, 0.25) is 0 Å². The molecule has 0 saturated carbocycles. The number of nitrogens with zero attached hydrogens (tertiary/aromatic N) is 1. The molecule has 2 aromatic rings. The van der Waals surface area contributed by atoms with E-state index in [1.807, 2.05) is 4.90 Å². The van der Waals surface area contributed by atoms with E-state index < -0.39 is 24.3 Å². The zero-order valence-corrected chi connectivity index (χ0v) is 19.1. The van der Waals surface area contributed by atoms with Crippen LogP contribution in [0.4, 0.5) is 24.5 Å². The highest BCUT2D eigenvalue weighted by Gasteiger charge is 2.32. The average molecular weight is 496 g/mol. The van der Waals surface area contributed by atoms with E-state index in [-0.39, 0.29) is 21.5 Å². The first-order valence-corrected chi connectivity index (χ1v) is 10.7. The third-order valence-corrected chi connectivity index (χ3v) is 6.59. The summed E-state index contributed by atoms with van der Waals surface area (Å²) in [5.41, 5.74) is 0.866. The van der Waals surface area contributed by atoms with Crippen LogP contribution in [0.25, 0.3) is 0 Å². The molecule has 0 aliphatic carbocycles. The maximum atomic E-state index is 13.2. The van der Waals surface area contributed by atoms with Gasteiger partial charge in [0.25, 0.3) is 5.91 Å². The van der Waals surface area contributed by atoms with Gasteiger partial charge in [-0.1, -0.05) is 34.8 Å². The van der Waals surface area contributed by atoms with E-state index >= 15 is 0 Å². The van der Waals surface area contributed by atoms with Crippen molar-refractivity contribution in [3.8, 4) is 5.75 Å². The van der Waals surface area contributed by atoms with Crippen molar-refractivity contribution >= 4 is 52.1 Å². The number of nitrogens with one attached hydrogen (secondary N) is 1. The third-order valence-electron chi connectivity index (χ3n) is 5.11. The van der Waals surface area contributed by atoms with E-state index in [0.717, 1.165) is 25.0 Å². The van der Waals surface area contributed by atoms with Crippen molar-refractivity contribution in [3.05, 3.63) is 50.0 Å². The largest absolute Gasteiger partial charge is 0.481 e. The van der Waals surface area contributed by atoms with Gasteiger partial charge in [-0.2, -0.15) is 13.2 Å². The van der Waals surface area contributed by atoms with Gasteiger partial charge in [0.05, 0.1) is 27.0 Å². The summed E-state index contributed by atoms with van der Waals surface area (Å²) in [4.78, 5) is 14.5. The number of halogens is 6. The Kier molecular flexibility index (Phi) is 7.18. The second kappa shape index (κ2) is 9.35. The van der Waals surface area contributed by atoms with Gasteiger partial charge in [0.1, 0.15) is 0 Å². The molecule has 0 radical (unpaired) electrons. The van der Waals surface area contributed by atoms with Crippen LogP contribution in [-0.2, 0) is 11.0 Å². The second-order valence-electron chi connectivity index (χ2n) is 7.28. The lowest BCUT2D eigenvalue weighted by atomic mass is 10.1. The normalized spacial score (nSPS) is 14.1. The highest BCUT2D eigenvalue weighted by atomic mass is 35.5. The van der Waals surface area contributed by atoms with Crippen LogP contribution in [0, 0.1) is 13.8 Å². The number of amides is 1. The molecule has 1 saturated heterocycles. The van der Waals surface area contributed by atoms with Crippen molar-refractivity contribution in [2.24, 2.45) is 0 Å². The maximum absolute atomic E-state index is 13.2. The Morgan fingerprint density at radius 3 is 2.19 bits per heavy atom. The Labute approximate surface area is 193 Å². The van der Waals surface area contributed by atoms with Crippen LogP contribution in [0.5, 0.6) is 5.75 Å². The minimum Gasteiger partial charge on any atom is -0.481 e. The highest BCUT2D eigenvalue weighted by Crippen LogP contribution is 2.42. The minimum absolute atomic E-state index is 0.0750. The van der Waals surface area contributed by atoms with Gasteiger partial charge in [-0.05, 0) is 56.0 Å². The van der Waals surface area contributed by atoms with Crippen LogP contribution in [0.1, 0.15) is 29.5 Å². The SMILES string of the molecule is Cc1c(Cl)c(C)c(Cl)c(OCC(=O)Nc2cc(C(F)(F)F)ccc2N2CCCC2)c1Cl. The standard InChI is InChI=1S/C21H20Cl3F3N2O2/c1-11-17(22)12(2)19(24)20(18(11)23)31-10-16(30)28-14-9-13(21(25,26)27)5-6-15(14)29-7-3-4-8-29/h5-6,9H,3-4,7-8,10H2,1-2H3,(H,28,30). The van der Waals surface area contributed by atoms with Crippen molar-refractivity contribution in [1.82, 2.24) is 0 Å².